The number of amidine groups is 1. The van der Waals surface area contributed by atoms with Crippen LogP contribution in [0.2, 0.25) is 0 Å². The van der Waals surface area contributed by atoms with Gasteiger partial charge in [0.05, 0.1) is 17.5 Å². The molecule has 0 bridgehead atoms. The van der Waals surface area contributed by atoms with Crippen LogP contribution in [0.25, 0.3) is 0 Å². The zero-order valence-corrected chi connectivity index (χ0v) is 15.4. The third-order valence-electron chi connectivity index (χ3n) is 1.95. The van der Waals surface area contributed by atoms with Gasteiger partial charge < -0.3 is 23.1 Å². The number of aromatic carboxylic acids is 1. The number of anilines is 1. The number of carboxylic acids is 1. The molecular weight excluding hydrogens is 346 g/mol. The van der Waals surface area contributed by atoms with Crippen molar-refractivity contribution >= 4 is 41.5 Å². The summed E-state index contributed by atoms with van der Waals surface area (Å²) < 4.78 is 0. The first kappa shape index (κ1) is 19.1. The van der Waals surface area contributed by atoms with Gasteiger partial charge in [0, 0.05) is 32.7 Å². The van der Waals surface area contributed by atoms with Crippen molar-refractivity contribution in [3.63, 3.8) is 0 Å². The molecule has 0 saturated heterocycles. The second-order valence-corrected chi connectivity index (χ2v) is 3.89. The van der Waals surface area contributed by atoms with Gasteiger partial charge in [-0.05, 0) is 24.2 Å². The zero-order valence-electron chi connectivity index (χ0n) is 11.6. The standard InChI is InChI=1S/C11H14N6O2S.Zn/c1-7(15-17-11(20)12-2)5-14-16-9-4-3-8(6-13-9)10(18)19;/h3-6H,1-2H3,(H,13,16)(H,18,19)(H2,12,17,20);/p-1. The van der Waals surface area contributed by atoms with E-state index in [4.69, 9.17) is 17.7 Å². The Morgan fingerprint density at radius 1 is 1.43 bits per heavy atom. The summed E-state index contributed by atoms with van der Waals surface area (Å²) in [6, 6.07) is 2.93. The summed E-state index contributed by atoms with van der Waals surface area (Å²) >= 11 is 4.79. The number of carboxylic acid groups (broad SMARTS) is 1. The van der Waals surface area contributed by atoms with Crippen molar-refractivity contribution in [1.82, 2.24) is 10.3 Å². The Bertz CT molecular complexity index is 558. The van der Waals surface area contributed by atoms with E-state index in [9.17, 15) is 4.79 Å². The maximum absolute atomic E-state index is 10.6. The molecule has 10 heteroatoms. The Morgan fingerprint density at radius 3 is 2.67 bits per heavy atom. The Labute approximate surface area is 140 Å². The van der Waals surface area contributed by atoms with Gasteiger partial charge in [0.2, 0.25) is 0 Å². The van der Waals surface area contributed by atoms with Crippen molar-refractivity contribution in [3.8, 4) is 0 Å². The minimum Gasteiger partial charge on any atom is -0.741 e. The molecule has 0 radical (unpaired) electrons. The molecule has 0 unspecified atom stereocenters. The van der Waals surface area contributed by atoms with Crippen molar-refractivity contribution in [2.24, 2.45) is 15.3 Å². The molecular formula is C11H13N6O2SZn-. The fourth-order valence-corrected chi connectivity index (χ4v) is 1.02. The quantitative estimate of drug-likeness (QED) is 0.234. The van der Waals surface area contributed by atoms with Crippen LogP contribution in [-0.4, -0.2) is 40.2 Å². The van der Waals surface area contributed by atoms with Crippen LogP contribution < -0.4 is 10.7 Å². The normalized spacial score (nSPS) is 11.9. The molecule has 21 heavy (non-hydrogen) atoms. The second kappa shape index (κ2) is 9.90. The SMILES string of the molecule is CNC([S-])=NN=C(C)C=NNc1ccc(C(=O)O)cn1.[Zn]. The van der Waals surface area contributed by atoms with E-state index >= 15 is 0 Å². The predicted molar refractivity (Wildman–Crippen MR) is 80.3 cm³/mol. The van der Waals surface area contributed by atoms with E-state index in [1.807, 2.05) is 0 Å². The van der Waals surface area contributed by atoms with Gasteiger partial charge in [-0.25, -0.2) is 9.78 Å². The molecule has 0 aliphatic heterocycles. The van der Waals surface area contributed by atoms with Crippen LogP contribution in [0.4, 0.5) is 5.82 Å². The number of rotatable bonds is 5. The Balaban J connectivity index is 0.00000400. The summed E-state index contributed by atoms with van der Waals surface area (Å²) in [5, 5.41) is 23.0. The van der Waals surface area contributed by atoms with Gasteiger partial charge in [-0.2, -0.15) is 15.3 Å². The monoisotopic (exact) mass is 357 g/mol. The average Bonchev–Trinajstić information content (AvgIpc) is 2.45. The van der Waals surface area contributed by atoms with Gasteiger partial charge >= 0.3 is 5.97 Å². The van der Waals surface area contributed by atoms with E-state index in [1.54, 1.807) is 14.0 Å². The maximum atomic E-state index is 10.6. The molecule has 0 spiro atoms. The Morgan fingerprint density at radius 2 is 2.14 bits per heavy atom. The van der Waals surface area contributed by atoms with Gasteiger partial charge in [-0.15, -0.1) is 0 Å². The summed E-state index contributed by atoms with van der Waals surface area (Å²) in [5.41, 5.74) is 3.28. The molecule has 1 rings (SSSR count). The zero-order chi connectivity index (χ0) is 15.0. The summed E-state index contributed by atoms with van der Waals surface area (Å²) in [6.45, 7) is 1.70. The van der Waals surface area contributed by atoms with Crippen molar-refractivity contribution in [2.45, 2.75) is 6.92 Å². The van der Waals surface area contributed by atoms with E-state index in [2.05, 4.69) is 31.0 Å². The molecule has 0 aliphatic carbocycles. The molecule has 1 heterocycles. The topological polar surface area (TPSA) is 111 Å². The number of hydrazone groups is 1. The number of aromatic nitrogens is 1. The minimum absolute atomic E-state index is 0. The molecule has 8 nitrogen and oxygen atoms in total. The first-order valence-corrected chi connectivity index (χ1v) is 5.89. The van der Waals surface area contributed by atoms with Crippen molar-refractivity contribution in [2.75, 3.05) is 12.5 Å². The fraction of sp³-hybridized carbons (Fsp3) is 0.182. The van der Waals surface area contributed by atoms with Crippen LogP contribution in [-0.2, 0) is 32.1 Å². The molecule has 0 fully saturated rings. The van der Waals surface area contributed by atoms with Crippen molar-refractivity contribution in [1.29, 1.82) is 0 Å². The molecule has 0 atom stereocenters. The van der Waals surface area contributed by atoms with Gasteiger partial charge in [0.1, 0.15) is 5.82 Å². The van der Waals surface area contributed by atoms with Crippen LogP contribution in [0, 0.1) is 0 Å². The average molecular weight is 359 g/mol. The molecule has 108 valence electrons. The molecule has 0 aromatic carbocycles. The van der Waals surface area contributed by atoms with Gasteiger partial charge in [0.15, 0.2) is 0 Å². The largest absolute Gasteiger partial charge is 0.741 e. The summed E-state index contributed by atoms with van der Waals surface area (Å²) in [7, 11) is 1.65. The summed E-state index contributed by atoms with van der Waals surface area (Å²) in [5.74, 6) is -0.612. The second-order valence-electron chi connectivity index (χ2n) is 3.50. The van der Waals surface area contributed by atoms with Crippen molar-refractivity contribution in [3.05, 3.63) is 23.9 Å². The van der Waals surface area contributed by atoms with Crippen LogP contribution in [0.3, 0.4) is 0 Å². The number of pyridine rings is 1. The van der Waals surface area contributed by atoms with Crippen LogP contribution >= 0.6 is 0 Å². The molecule has 1 aromatic heterocycles. The van der Waals surface area contributed by atoms with E-state index in [0.717, 1.165) is 0 Å². The molecule has 0 saturated carbocycles. The number of nitrogens with one attached hydrogen (secondary N) is 2. The van der Waals surface area contributed by atoms with Gasteiger partial charge in [-0.1, -0.05) is 0 Å². The van der Waals surface area contributed by atoms with E-state index in [1.165, 1.54) is 24.5 Å². The van der Waals surface area contributed by atoms with Crippen molar-refractivity contribution < 1.29 is 29.4 Å². The third kappa shape index (κ3) is 7.43. The summed E-state index contributed by atoms with van der Waals surface area (Å²) in [6.07, 6.45) is 2.68. The molecule has 1 aromatic rings. The van der Waals surface area contributed by atoms with Crippen LogP contribution in [0.1, 0.15) is 17.3 Å². The van der Waals surface area contributed by atoms with Crippen LogP contribution in [0.15, 0.2) is 33.6 Å². The summed E-state index contributed by atoms with van der Waals surface area (Å²) in [4.78, 5) is 14.5. The third-order valence-corrected chi connectivity index (χ3v) is 2.24. The number of nitrogens with zero attached hydrogens (tertiary/aromatic N) is 4. The van der Waals surface area contributed by atoms with E-state index < -0.39 is 5.97 Å². The first-order valence-electron chi connectivity index (χ1n) is 5.48. The first-order chi connectivity index (χ1) is 9.52. The molecule has 0 aliphatic rings. The van der Waals surface area contributed by atoms with Crippen LogP contribution in [0.5, 0.6) is 0 Å². The van der Waals surface area contributed by atoms with E-state index in [0.29, 0.717) is 11.5 Å². The maximum Gasteiger partial charge on any atom is 0.337 e. The predicted octanol–water partition coefficient (Wildman–Crippen LogP) is 0.673. The molecule has 0 amide bonds. The fourth-order valence-electron chi connectivity index (χ4n) is 0.978. The Hall–Kier alpha value is -1.93. The van der Waals surface area contributed by atoms with Gasteiger partial charge in [-0.3, -0.25) is 5.43 Å². The smallest absolute Gasteiger partial charge is 0.337 e. The van der Waals surface area contributed by atoms with E-state index in [-0.39, 0.29) is 30.2 Å². The van der Waals surface area contributed by atoms with Gasteiger partial charge in [0.25, 0.3) is 0 Å². The number of carbonyl (C=O) groups is 1. The molecule has 3 N–H and O–H groups in total. The number of hydrogen-bond acceptors (Lipinski definition) is 7. The Kier molecular flexibility index (Phi) is 8.99. The minimum atomic E-state index is -1.03. The number of hydrogen-bond donors (Lipinski definition) is 3.